The van der Waals surface area contributed by atoms with Crippen LogP contribution < -0.4 is 14.8 Å². The summed E-state index contributed by atoms with van der Waals surface area (Å²) >= 11 is 0. The van der Waals surface area contributed by atoms with Crippen LogP contribution in [0.2, 0.25) is 0 Å². The first-order valence-corrected chi connectivity index (χ1v) is 9.95. The Balaban J connectivity index is 1.80. The molecular weight excluding hydrogens is 350 g/mol. The van der Waals surface area contributed by atoms with E-state index in [-0.39, 0.29) is 11.3 Å². The van der Waals surface area contributed by atoms with Crippen LogP contribution in [-0.4, -0.2) is 25.2 Å². The van der Waals surface area contributed by atoms with E-state index in [1.165, 1.54) is 5.56 Å². The van der Waals surface area contributed by atoms with Crippen molar-refractivity contribution in [2.45, 2.75) is 59.5 Å². The van der Waals surface area contributed by atoms with Crippen LogP contribution in [0.5, 0.6) is 11.5 Å². The van der Waals surface area contributed by atoms with Crippen LogP contribution in [0.3, 0.4) is 0 Å². The Bertz CT molecular complexity index is 755. The minimum Gasteiger partial charge on any atom is -0.492 e. The van der Waals surface area contributed by atoms with Gasteiger partial charge in [0.2, 0.25) is 0 Å². The van der Waals surface area contributed by atoms with E-state index in [2.05, 4.69) is 44.3 Å². The van der Waals surface area contributed by atoms with Crippen molar-refractivity contribution in [3.8, 4) is 11.5 Å². The SMILES string of the molecule is CC[C@H](Oc1cc(C)cc(C)c1)C(=O)NCCOc1ccc(C(C)(C)C)cc1. The number of benzene rings is 2. The fourth-order valence-corrected chi connectivity index (χ4v) is 3.00. The van der Waals surface area contributed by atoms with Gasteiger partial charge in [0.05, 0.1) is 6.54 Å². The Labute approximate surface area is 169 Å². The second kappa shape index (κ2) is 9.63. The maximum absolute atomic E-state index is 12.4. The predicted octanol–water partition coefficient (Wildman–Crippen LogP) is 4.95. The first kappa shape index (κ1) is 21.8. The summed E-state index contributed by atoms with van der Waals surface area (Å²) in [4.78, 5) is 12.4. The van der Waals surface area contributed by atoms with E-state index >= 15 is 0 Å². The molecule has 0 heterocycles. The highest BCUT2D eigenvalue weighted by Gasteiger charge is 2.18. The lowest BCUT2D eigenvalue weighted by Crippen LogP contribution is -2.39. The van der Waals surface area contributed by atoms with Crippen molar-refractivity contribution in [3.63, 3.8) is 0 Å². The monoisotopic (exact) mass is 383 g/mol. The number of nitrogens with one attached hydrogen (secondary N) is 1. The first-order valence-electron chi connectivity index (χ1n) is 9.95. The lowest BCUT2D eigenvalue weighted by molar-refractivity contribution is -0.128. The zero-order chi connectivity index (χ0) is 20.7. The van der Waals surface area contributed by atoms with E-state index < -0.39 is 6.10 Å². The molecule has 0 radical (unpaired) electrons. The van der Waals surface area contributed by atoms with Crippen LogP contribution in [0.4, 0.5) is 0 Å². The Morgan fingerprint density at radius 1 is 1.00 bits per heavy atom. The van der Waals surface area contributed by atoms with Crippen LogP contribution in [-0.2, 0) is 10.2 Å². The van der Waals surface area contributed by atoms with E-state index in [1.807, 2.05) is 45.0 Å². The topological polar surface area (TPSA) is 47.6 Å². The molecule has 4 nitrogen and oxygen atoms in total. The fourth-order valence-electron chi connectivity index (χ4n) is 3.00. The Morgan fingerprint density at radius 2 is 1.61 bits per heavy atom. The summed E-state index contributed by atoms with van der Waals surface area (Å²) in [7, 11) is 0. The lowest BCUT2D eigenvalue weighted by atomic mass is 9.87. The minimum atomic E-state index is -0.507. The van der Waals surface area contributed by atoms with Crippen molar-refractivity contribution in [1.29, 1.82) is 0 Å². The van der Waals surface area contributed by atoms with Gasteiger partial charge in [0.25, 0.3) is 5.91 Å². The number of ether oxygens (including phenoxy) is 2. The van der Waals surface area contributed by atoms with Gasteiger partial charge in [0, 0.05) is 0 Å². The van der Waals surface area contributed by atoms with Gasteiger partial charge in [-0.15, -0.1) is 0 Å². The molecule has 1 atom stereocenters. The third-order valence-corrected chi connectivity index (χ3v) is 4.53. The van der Waals surface area contributed by atoms with Crippen LogP contribution in [0, 0.1) is 13.8 Å². The van der Waals surface area contributed by atoms with E-state index in [4.69, 9.17) is 9.47 Å². The Morgan fingerprint density at radius 3 is 2.14 bits per heavy atom. The molecule has 0 unspecified atom stereocenters. The summed E-state index contributed by atoms with van der Waals surface area (Å²) in [6, 6.07) is 14.1. The van der Waals surface area contributed by atoms with Gasteiger partial charge in [-0.05, 0) is 66.6 Å². The summed E-state index contributed by atoms with van der Waals surface area (Å²) < 4.78 is 11.6. The highest BCUT2D eigenvalue weighted by atomic mass is 16.5. The standard InChI is InChI=1S/C24H33NO3/c1-7-22(28-21-15-17(2)14-18(3)16-21)23(26)25-12-13-27-20-10-8-19(9-11-20)24(4,5)6/h8-11,14-16,22H,7,12-13H2,1-6H3,(H,25,26)/t22-/m0/s1. The normalized spacial score (nSPS) is 12.4. The maximum Gasteiger partial charge on any atom is 0.261 e. The molecule has 0 bridgehead atoms. The highest BCUT2D eigenvalue weighted by Crippen LogP contribution is 2.24. The van der Waals surface area contributed by atoms with Gasteiger partial charge < -0.3 is 14.8 Å². The number of aryl methyl sites for hydroxylation is 2. The van der Waals surface area contributed by atoms with Crippen LogP contribution in [0.1, 0.15) is 50.8 Å². The van der Waals surface area contributed by atoms with Gasteiger partial charge in [0.1, 0.15) is 18.1 Å². The van der Waals surface area contributed by atoms with Gasteiger partial charge in [-0.3, -0.25) is 4.79 Å². The average molecular weight is 384 g/mol. The molecule has 0 fully saturated rings. The molecule has 1 N–H and O–H groups in total. The average Bonchev–Trinajstić information content (AvgIpc) is 2.62. The molecule has 0 aliphatic heterocycles. The number of hydrogen-bond acceptors (Lipinski definition) is 3. The van der Waals surface area contributed by atoms with E-state index in [0.29, 0.717) is 19.6 Å². The van der Waals surface area contributed by atoms with Gasteiger partial charge in [0.15, 0.2) is 6.10 Å². The molecule has 152 valence electrons. The largest absolute Gasteiger partial charge is 0.492 e. The zero-order valence-electron chi connectivity index (χ0n) is 18.0. The first-order chi connectivity index (χ1) is 13.2. The molecule has 2 rings (SSSR count). The number of hydrogen-bond donors (Lipinski definition) is 1. The summed E-state index contributed by atoms with van der Waals surface area (Å²) in [5.41, 5.74) is 3.63. The molecule has 0 aliphatic carbocycles. The molecule has 2 aromatic rings. The summed E-state index contributed by atoms with van der Waals surface area (Å²) in [6.07, 6.45) is 0.0979. The lowest BCUT2D eigenvalue weighted by Gasteiger charge is -2.19. The molecule has 4 heteroatoms. The van der Waals surface area contributed by atoms with Crippen molar-refractivity contribution in [3.05, 3.63) is 59.2 Å². The second-order valence-corrected chi connectivity index (χ2v) is 8.25. The van der Waals surface area contributed by atoms with Gasteiger partial charge in [-0.25, -0.2) is 0 Å². The predicted molar refractivity (Wildman–Crippen MR) is 114 cm³/mol. The molecule has 0 saturated heterocycles. The number of carbonyl (C=O) groups is 1. The minimum absolute atomic E-state index is 0.117. The van der Waals surface area contributed by atoms with Crippen LogP contribution in [0.25, 0.3) is 0 Å². The van der Waals surface area contributed by atoms with Crippen molar-refractivity contribution in [2.75, 3.05) is 13.2 Å². The fraction of sp³-hybridized carbons (Fsp3) is 0.458. The molecule has 2 aromatic carbocycles. The van der Waals surface area contributed by atoms with Gasteiger partial charge in [-0.1, -0.05) is 45.9 Å². The van der Waals surface area contributed by atoms with Crippen molar-refractivity contribution in [2.24, 2.45) is 0 Å². The third kappa shape index (κ3) is 6.59. The van der Waals surface area contributed by atoms with Crippen LogP contribution >= 0.6 is 0 Å². The third-order valence-electron chi connectivity index (χ3n) is 4.53. The molecule has 0 aliphatic rings. The number of amides is 1. The molecule has 0 saturated carbocycles. The number of rotatable bonds is 8. The van der Waals surface area contributed by atoms with Crippen molar-refractivity contribution >= 4 is 5.91 Å². The molecule has 0 aromatic heterocycles. The summed E-state index contributed by atoms with van der Waals surface area (Å²) in [5.74, 6) is 1.42. The van der Waals surface area contributed by atoms with Crippen LogP contribution in [0.15, 0.2) is 42.5 Å². The van der Waals surface area contributed by atoms with E-state index in [9.17, 15) is 4.79 Å². The quantitative estimate of drug-likeness (QED) is 0.656. The van der Waals surface area contributed by atoms with Gasteiger partial charge >= 0.3 is 0 Å². The molecule has 1 amide bonds. The van der Waals surface area contributed by atoms with E-state index in [0.717, 1.165) is 22.6 Å². The molecular formula is C24H33NO3. The molecule has 28 heavy (non-hydrogen) atoms. The second-order valence-electron chi connectivity index (χ2n) is 8.25. The molecule has 0 spiro atoms. The zero-order valence-corrected chi connectivity index (χ0v) is 18.0. The van der Waals surface area contributed by atoms with Crippen molar-refractivity contribution in [1.82, 2.24) is 5.32 Å². The maximum atomic E-state index is 12.4. The van der Waals surface area contributed by atoms with Crippen molar-refractivity contribution < 1.29 is 14.3 Å². The summed E-state index contributed by atoms with van der Waals surface area (Å²) in [5, 5.41) is 2.90. The van der Waals surface area contributed by atoms with Gasteiger partial charge in [-0.2, -0.15) is 0 Å². The smallest absolute Gasteiger partial charge is 0.261 e. The Kier molecular flexibility index (Phi) is 7.50. The highest BCUT2D eigenvalue weighted by molar-refractivity contribution is 5.81. The Hall–Kier alpha value is -2.49. The van der Waals surface area contributed by atoms with E-state index in [1.54, 1.807) is 0 Å². The summed E-state index contributed by atoms with van der Waals surface area (Å²) in [6.45, 7) is 13.4. The number of carbonyl (C=O) groups excluding carboxylic acids is 1.